The van der Waals surface area contributed by atoms with Gasteiger partial charge in [-0.25, -0.2) is 10.1 Å². The molecule has 1 aliphatic heterocycles. The average molecular weight is 452 g/mol. The summed E-state index contributed by atoms with van der Waals surface area (Å²) in [5.74, 6) is 1.44. The third kappa shape index (κ3) is 5.87. The van der Waals surface area contributed by atoms with E-state index in [1.807, 2.05) is 11.0 Å². The first kappa shape index (κ1) is 22.7. The van der Waals surface area contributed by atoms with Crippen molar-refractivity contribution in [3.63, 3.8) is 0 Å². The van der Waals surface area contributed by atoms with E-state index < -0.39 is 0 Å². The van der Waals surface area contributed by atoms with Gasteiger partial charge >= 0.3 is 0 Å². The minimum absolute atomic E-state index is 0.0907. The number of anilines is 2. The zero-order valence-electron chi connectivity index (χ0n) is 18.8. The molecule has 0 radical (unpaired) electrons. The molecule has 1 saturated carbocycles. The number of amides is 1. The minimum Gasteiger partial charge on any atom is -0.379 e. The first-order valence-corrected chi connectivity index (χ1v) is 11.3. The Bertz CT molecular complexity index is 1050. The van der Waals surface area contributed by atoms with Crippen LogP contribution >= 0.6 is 0 Å². The van der Waals surface area contributed by atoms with E-state index in [0.717, 1.165) is 24.3 Å². The molecule has 1 saturated heterocycles. The first-order valence-electron chi connectivity index (χ1n) is 11.3. The number of pyridine rings is 1. The smallest absolute Gasteiger partial charge is 0.269 e. The van der Waals surface area contributed by atoms with E-state index in [1.165, 1.54) is 0 Å². The van der Waals surface area contributed by atoms with Gasteiger partial charge in [-0.2, -0.15) is 10.4 Å². The van der Waals surface area contributed by atoms with Crippen molar-refractivity contribution < 1.29 is 9.53 Å². The summed E-state index contributed by atoms with van der Waals surface area (Å²) < 4.78 is 5.85. The number of nitriles is 1. The van der Waals surface area contributed by atoms with E-state index >= 15 is 0 Å². The lowest BCUT2D eigenvalue weighted by atomic mass is 10.1. The fourth-order valence-electron chi connectivity index (χ4n) is 3.95. The number of carbonyl (C=O) groups is 1. The average Bonchev–Trinajstić information content (AvgIpc) is 3.69. The van der Waals surface area contributed by atoms with Crippen LogP contribution in [-0.4, -0.2) is 71.4 Å². The number of nitrogens with one attached hydrogen (secondary N) is 2. The Hall–Kier alpha value is -3.45. The van der Waals surface area contributed by atoms with Gasteiger partial charge in [0, 0.05) is 37.9 Å². The number of hydrogen-bond donors (Lipinski definition) is 2. The molecule has 2 aromatic heterocycles. The van der Waals surface area contributed by atoms with Gasteiger partial charge in [-0.15, -0.1) is 0 Å². The molecule has 0 unspecified atom stereocenters. The SMILES string of the molecule is Cc1c(N[C@H](COCCC(=O)N2CCN(c3ccc(C#N)cn3)CC2)C2CC2)cn[nH]c1=O. The molecular weight excluding hydrogens is 422 g/mol. The summed E-state index contributed by atoms with van der Waals surface area (Å²) >= 11 is 0. The Labute approximate surface area is 192 Å². The van der Waals surface area contributed by atoms with Crippen molar-refractivity contribution in [1.29, 1.82) is 5.26 Å². The molecule has 2 fully saturated rings. The van der Waals surface area contributed by atoms with E-state index in [2.05, 4.69) is 31.5 Å². The molecule has 2 aliphatic rings. The fraction of sp³-hybridized carbons (Fsp3) is 0.522. The first-order chi connectivity index (χ1) is 16.0. The van der Waals surface area contributed by atoms with Gasteiger partial charge in [-0.05, 0) is 37.8 Å². The highest BCUT2D eigenvalue weighted by Crippen LogP contribution is 2.34. The summed E-state index contributed by atoms with van der Waals surface area (Å²) in [6, 6.07) is 5.78. The molecule has 4 rings (SSSR count). The molecule has 1 aliphatic carbocycles. The van der Waals surface area contributed by atoms with Gasteiger partial charge in [-0.3, -0.25) is 9.59 Å². The van der Waals surface area contributed by atoms with Crippen LogP contribution in [0.2, 0.25) is 0 Å². The highest BCUT2D eigenvalue weighted by atomic mass is 16.5. The quantitative estimate of drug-likeness (QED) is 0.546. The van der Waals surface area contributed by atoms with Crippen LogP contribution in [-0.2, 0) is 9.53 Å². The molecule has 0 aromatic carbocycles. The van der Waals surface area contributed by atoms with Crippen LogP contribution in [0.25, 0.3) is 0 Å². The number of carbonyl (C=O) groups excluding carboxylic acids is 1. The third-order valence-electron chi connectivity index (χ3n) is 6.23. The second-order valence-corrected chi connectivity index (χ2v) is 8.54. The predicted octanol–water partition coefficient (Wildman–Crippen LogP) is 1.29. The molecule has 2 N–H and O–H groups in total. The largest absolute Gasteiger partial charge is 0.379 e. The summed E-state index contributed by atoms with van der Waals surface area (Å²) in [5.41, 5.74) is 1.68. The summed E-state index contributed by atoms with van der Waals surface area (Å²) in [6.45, 7) is 5.33. The molecule has 10 heteroatoms. The molecule has 10 nitrogen and oxygen atoms in total. The van der Waals surface area contributed by atoms with E-state index in [1.54, 1.807) is 25.4 Å². The molecular formula is C23H29N7O3. The zero-order valence-corrected chi connectivity index (χ0v) is 18.8. The van der Waals surface area contributed by atoms with Crippen molar-refractivity contribution >= 4 is 17.4 Å². The maximum Gasteiger partial charge on any atom is 0.269 e. The number of H-pyrrole nitrogens is 1. The van der Waals surface area contributed by atoms with Crippen molar-refractivity contribution in [1.82, 2.24) is 20.1 Å². The van der Waals surface area contributed by atoms with E-state index in [0.29, 0.717) is 62.9 Å². The molecule has 1 amide bonds. The van der Waals surface area contributed by atoms with Crippen molar-refractivity contribution in [2.45, 2.75) is 32.2 Å². The molecule has 0 spiro atoms. The van der Waals surface area contributed by atoms with Gasteiger partial charge in [0.05, 0.1) is 43.1 Å². The van der Waals surface area contributed by atoms with Gasteiger partial charge in [-0.1, -0.05) is 0 Å². The Balaban J connectivity index is 1.19. The summed E-state index contributed by atoms with van der Waals surface area (Å²) in [7, 11) is 0. The monoisotopic (exact) mass is 451 g/mol. The van der Waals surface area contributed by atoms with Crippen LogP contribution < -0.4 is 15.8 Å². The van der Waals surface area contributed by atoms with Crippen LogP contribution in [0, 0.1) is 24.2 Å². The summed E-state index contributed by atoms with van der Waals surface area (Å²) in [4.78, 5) is 32.7. The number of hydrogen-bond acceptors (Lipinski definition) is 8. The van der Waals surface area contributed by atoms with Crippen LogP contribution in [0.3, 0.4) is 0 Å². The summed E-state index contributed by atoms with van der Waals surface area (Å²) in [5, 5.41) is 18.6. The van der Waals surface area contributed by atoms with Crippen LogP contribution in [0.1, 0.15) is 30.4 Å². The molecule has 1 atom stereocenters. The zero-order chi connectivity index (χ0) is 23.2. The lowest BCUT2D eigenvalue weighted by Gasteiger charge is -2.35. The maximum absolute atomic E-state index is 12.6. The Morgan fingerprint density at radius 3 is 2.76 bits per heavy atom. The number of aromatic amines is 1. The Kier molecular flexibility index (Phi) is 7.19. The summed E-state index contributed by atoms with van der Waals surface area (Å²) in [6.07, 6.45) is 5.81. The topological polar surface area (TPSA) is 127 Å². The van der Waals surface area contributed by atoms with Crippen molar-refractivity contribution in [3.8, 4) is 6.07 Å². The molecule has 3 heterocycles. The van der Waals surface area contributed by atoms with Crippen molar-refractivity contribution in [3.05, 3.63) is 46.0 Å². The van der Waals surface area contributed by atoms with Crippen molar-refractivity contribution in [2.75, 3.05) is 49.6 Å². The fourth-order valence-corrected chi connectivity index (χ4v) is 3.95. The Morgan fingerprint density at radius 2 is 2.09 bits per heavy atom. The van der Waals surface area contributed by atoms with Crippen LogP contribution in [0.4, 0.5) is 11.5 Å². The van der Waals surface area contributed by atoms with Gasteiger partial charge in [0.25, 0.3) is 5.56 Å². The molecule has 174 valence electrons. The predicted molar refractivity (Wildman–Crippen MR) is 123 cm³/mol. The number of piperazine rings is 1. The number of ether oxygens (including phenoxy) is 1. The lowest BCUT2D eigenvalue weighted by Crippen LogP contribution is -2.49. The normalized spacial score (nSPS) is 16.8. The third-order valence-corrected chi connectivity index (χ3v) is 6.23. The van der Waals surface area contributed by atoms with Crippen molar-refractivity contribution in [2.24, 2.45) is 5.92 Å². The minimum atomic E-state index is -0.198. The van der Waals surface area contributed by atoms with Gasteiger partial charge < -0.3 is 19.9 Å². The van der Waals surface area contributed by atoms with E-state index in [4.69, 9.17) is 10.00 Å². The van der Waals surface area contributed by atoms with E-state index in [-0.39, 0.29) is 17.5 Å². The lowest BCUT2D eigenvalue weighted by molar-refractivity contribution is -0.132. The number of nitrogens with zero attached hydrogens (tertiary/aromatic N) is 5. The molecule has 33 heavy (non-hydrogen) atoms. The molecule has 2 aromatic rings. The number of aromatic nitrogens is 3. The Morgan fingerprint density at radius 1 is 1.30 bits per heavy atom. The van der Waals surface area contributed by atoms with Crippen LogP contribution in [0.5, 0.6) is 0 Å². The van der Waals surface area contributed by atoms with Crippen LogP contribution in [0.15, 0.2) is 29.3 Å². The maximum atomic E-state index is 12.6. The van der Waals surface area contributed by atoms with Gasteiger partial charge in [0.15, 0.2) is 0 Å². The van der Waals surface area contributed by atoms with E-state index in [9.17, 15) is 9.59 Å². The second kappa shape index (κ2) is 10.4. The standard InChI is InChI=1S/C23H29N7O3/c1-16-19(14-26-28-23(16)32)27-20(18-3-4-18)15-33-11-6-22(31)30-9-7-29(8-10-30)21-5-2-17(12-24)13-25-21/h2,5,13-14,18,20H,3-4,6-11,15H2,1H3,(H2,27,28,32)/t20-/m1/s1. The highest BCUT2D eigenvalue weighted by Gasteiger charge is 2.32. The number of rotatable bonds is 9. The molecule has 0 bridgehead atoms. The highest BCUT2D eigenvalue weighted by molar-refractivity contribution is 5.76. The van der Waals surface area contributed by atoms with Gasteiger partial charge in [0.2, 0.25) is 5.91 Å². The van der Waals surface area contributed by atoms with Gasteiger partial charge in [0.1, 0.15) is 11.9 Å². The second-order valence-electron chi connectivity index (χ2n) is 8.54.